The van der Waals surface area contributed by atoms with E-state index in [2.05, 4.69) is 101 Å². The second kappa shape index (κ2) is 10.4. The molecule has 0 fully saturated rings. The van der Waals surface area contributed by atoms with Gasteiger partial charge in [-0.2, -0.15) is 0 Å². The number of benzene rings is 4. The number of aromatic nitrogens is 1. The largest absolute Gasteiger partial charge is 0.346 e. The number of halogens is 1. The summed E-state index contributed by atoms with van der Waals surface area (Å²) in [5.74, 6) is -0.0612. The molecule has 37 heavy (non-hydrogen) atoms. The summed E-state index contributed by atoms with van der Waals surface area (Å²) >= 11 is 3.47. The van der Waals surface area contributed by atoms with E-state index in [0.717, 1.165) is 27.5 Å². The summed E-state index contributed by atoms with van der Waals surface area (Å²) in [5, 5.41) is 4.26. The van der Waals surface area contributed by atoms with Crippen LogP contribution in [0.3, 0.4) is 0 Å². The quantitative estimate of drug-likeness (QED) is 0.226. The Morgan fingerprint density at radius 1 is 0.892 bits per heavy atom. The Morgan fingerprint density at radius 3 is 2.30 bits per heavy atom. The molecule has 1 atom stereocenters. The summed E-state index contributed by atoms with van der Waals surface area (Å²) in [4.78, 5) is 13.1. The number of fused-ring (bicyclic) bond motifs is 1. The van der Waals surface area contributed by atoms with Gasteiger partial charge in [-0.1, -0.05) is 76.6 Å². The van der Waals surface area contributed by atoms with Crippen LogP contribution >= 0.6 is 15.9 Å². The van der Waals surface area contributed by atoms with E-state index in [9.17, 15) is 4.79 Å². The molecule has 4 heteroatoms. The van der Waals surface area contributed by atoms with Gasteiger partial charge in [0.05, 0.1) is 6.04 Å². The van der Waals surface area contributed by atoms with Crippen molar-refractivity contribution in [2.75, 3.05) is 0 Å². The van der Waals surface area contributed by atoms with Gasteiger partial charge in [-0.15, -0.1) is 0 Å². The number of nitrogens with one attached hydrogen (secondary N) is 1. The number of carbonyl (C=O) groups excluding carboxylic acids is 1. The van der Waals surface area contributed by atoms with Gasteiger partial charge in [0.1, 0.15) is 0 Å². The van der Waals surface area contributed by atoms with Crippen molar-refractivity contribution >= 4 is 32.7 Å². The Hall–Kier alpha value is -3.63. The average molecular weight is 552 g/mol. The molecule has 0 saturated carbocycles. The third-order valence-electron chi connectivity index (χ3n) is 7.37. The zero-order chi connectivity index (χ0) is 26.1. The molecule has 5 rings (SSSR count). The van der Waals surface area contributed by atoms with E-state index in [0.29, 0.717) is 5.56 Å². The zero-order valence-electron chi connectivity index (χ0n) is 21.7. The molecule has 0 radical (unpaired) electrons. The minimum Gasteiger partial charge on any atom is -0.346 e. The first kappa shape index (κ1) is 25.0. The fraction of sp³-hybridized carbons (Fsp3) is 0.182. The molecule has 0 spiro atoms. The monoisotopic (exact) mass is 550 g/mol. The number of hydrogen-bond donors (Lipinski definition) is 1. The van der Waals surface area contributed by atoms with Gasteiger partial charge in [0, 0.05) is 33.2 Å². The molecule has 1 amide bonds. The van der Waals surface area contributed by atoms with Crippen molar-refractivity contribution in [2.24, 2.45) is 0 Å². The van der Waals surface area contributed by atoms with E-state index in [1.807, 2.05) is 43.3 Å². The Kier molecular flexibility index (Phi) is 7.03. The fourth-order valence-corrected chi connectivity index (χ4v) is 5.24. The highest BCUT2D eigenvalue weighted by atomic mass is 79.9. The van der Waals surface area contributed by atoms with Crippen LogP contribution in [0.1, 0.15) is 51.3 Å². The first-order chi connectivity index (χ1) is 17.8. The second-order valence-electron chi connectivity index (χ2n) is 9.79. The minimum absolute atomic E-state index is 0.0612. The molecule has 0 bridgehead atoms. The van der Waals surface area contributed by atoms with Crippen LogP contribution in [0.2, 0.25) is 0 Å². The van der Waals surface area contributed by atoms with Gasteiger partial charge in [0.2, 0.25) is 0 Å². The summed E-state index contributed by atoms with van der Waals surface area (Å²) in [6.45, 7) is 9.25. The van der Waals surface area contributed by atoms with Crippen LogP contribution in [0.15, 0.2) is 95.5 Å². The van der Waals surface area contributed by atoms with Crippen LogP contribution in [0.25, 0.3) is 22.0 Å². The number of nitrogens with zero attached hydrogens (tertiary/aromatic N) is 1. The van der Waals surface area contributed by atoms with Crippen molar-refractivity contribution in [1.29, 1.82) is 0 Å². The van der Waals surface area contributed by atoms with Gasteiger partial charge >= 0.3 is 0 Å². The molecule has 0 unspecified atom stereocenters. The maximum Gasteiger partial charge on any atom is 0.251 e. The summed E-state index contributed by atoms with van der Waals surface area (Å²) in [7, 11) is 0. The van der Waals surface area contributed by atoms with Crippen molar-refractivity contribution in [1.82, 2.24) is 9.88 Å². The summed E-state index contributed by atoms with van der Waals surface area (Å²) in [6, 6.07) is 31.3. The van der Waals surface area contributed by atoms with E-state index in [-0.39, 0.29) is 11.9 Å². The molecule has 0 aliphatic carbocycles. The average Bonchev–Trinajstić information content (AvgIpc) is 3.14. The zero-order valence-corrected chi connectivity index (χ0v) is 23.3. The molecule has 4 aromatic carbocycles. The van der Waals surface area contributed by atoms with E-state index in [1.165, 1.54) is 33.5 Å². The van der Waals surface area contributed by atoms with E-state index >= 15 is 0 Å². The number of hydrogen-bond acceptors (Lipinski definition) is 1. The van der Waals surface area contributed by atoms with Gasteiger partial charge in [-0.25, -0.2) is 0 Å². The highest BCUT2D eigenvalue weighted by Crippen LogP contribution is 2.29. The number of rotatable bonds is 6. The molecule has 1 heterocycles. The van der Waals surface area contributed by atoms with Gasteiger partial charge in [-0.05, 0) is 91.4 Å². The Labute approximate surface area is 227 Å². The van der Waals surface area contributed by atoms with E-state index in [4.69, 9.17) is 0 Å². The molecule has 186 valence electrons. The SMILES string of the molecule is Cc1ccccc1-c1ccc(Cn2c(C)c(C)c3cc(C(=O)N[C@@H](C)c4ccc(Br)cc4)ccc32)cc1. The molecule has 5 aromatic rings. The van der Waals surface area contributed by atoms with Crippen LogP contribution in [-0.4, -0.2) is 10.5 Å². The van der Waals surface area contributed by atoms with Crippen molar-refractivity contribution in [3.8, 4) is 11.1 Å². The predicted octanol–water partition coefficient (Wildman–Crippen LogP) is 8.54. The Balaban J connectivity index is 1.38. The molecule has 1 N–H and O–H groups in total. The highest BCUT2D eigenvalue weighted by Gasteiger charge is 2.16. The van der Waals surface area contributed by atoms with Gasteiger partial charge < -0.3 is 9.88 Å². The Bertz CT molecular complexity index is 1580. The lowest BCUT2D eigenvalue weighted by Crippen LogP contribution is -2.26. The molecular weight excluding hydrogens is 520 g/mol. The van der Waals surface area contributed by atoms with Crippen LogP contribution in [-0.2, 0) is 6.54 Å². The fourth-order valence-electron chi connectivity index (χ4n) is 4.98. The van der Waals surface area contributed by atoms with Crippen LogP contribution in [0.5, 0.6) is 0 Å². The summed E-state index contributed by atoms with van der Waals surface area (Å²) in [6.07, 6.45) is 0. The first-order valence-corrected chi connectivity index (χ1v) is 13.4. The summed E-state index contributed by atoms with van der Waals surface area (Å²) < 4.78 is 3.37. The van der Waals surface area contributed by atoms with Crippen molar-refractivity contribution in [3.63, 3.8) is 0 Å². The topological polar surface area (TPSA) is 34.0 Å². The lowest BCUT2D eigenvalue weighted by atomic mass is 9.99. The molecular formula is C33H31BrN2O. The maximum atomic E-state index is 13.1. The van der Waals surface area contributed by atoms with Crippen LogP contribution < -0.4 is 5.32 Å². The van der Waals surface area contributed by atoms with E-state index in [1.54, 1.807) is 0 Å². The van der Waals surface area contributed by atoms with Crippen LogP contribution in [0, 0.1) is 20.8 Å². The molecule has 3 nitrogen and oxygen atoms in total. The number of carbonyl (C=O) groups is 1. The molecule has 0 aliphatic rings. The summed E-state index contributed by atoms with van der Waals surface area (Å²) in [5.41, 5.74) is 10.4. The molecule has 0 saturated heterocycles. The lowest BCUT2D eigenvalue weighted by molar-refractivity contribution is 0.0940. The van der Waals surface area contributed by atoms with Crippen LogP contribution in [0.4, 0.5) is 0 Å². The third kappa shape index (κ3) is 5.12. The normalized spacial score (nSPS) is 12.0. The molecule has 1 aromatic heterocycles. The highest BCUT2D eigenvalue weighted by molar-refractivity contribution is 9.10. The first-order valence-electron chi connectivity index (χ1n) is 12.6. The van der Waals surface area contributed by atoms with Crippen molar-refractivity contribution in [3.05, 3.63) is 129 Å². The van der Waals surface area contributed by atoms with Crippen molar-refractivity contribution < 1.29 is 4.79 Å². The Morgan fingerprint density at radius 2 is 1.59 bits per heavy atom. The van der Waals surface area contributed by atoms with E-state index < -0.39 is 0 Å². The standard InChI is InChI=1S/C33H31BrN2O/c1-21-7-5-6-8-30(21)27-11-9-25(10-12-27)20-36-24(4)22(2)31-19-28(15-18-32(31)36)33(37)35-23(3)26-13-16-29(34)17-14-26/h5-19,23H,20H2,1-4H3,(H,35,37)/t23-/m0/s1. The van der Waals surface area contributed by atoms with Gasteiger partial charge in [-0.3, -0.25) is 4.79 Å². The molecule has 0 aliphatic heterocycles. The second-order valence-corrected chi connectivity index (χ2v) is 10.7. The number of amides is 1. The van der Waals surface area contributed by atoms with Gasteiger partial charge in [0.15, 0.2) is 0 Å². The van der Waals surface area contributed by atoms with Crippen molar-refractivity contribution in [2.45, 2.75) is 40.3 Å². The smallest absolute Gasteiger partial charge is 0.251 e. The predicted molar refractivity (Wildman–Crippen MR) is 157 cm³/mol. The van der Waals surface area contributed by atoms with Gasteiger partial charge in [0.25, 0.3) is 5.91 Å². The maximum absolute atomic E-state index is 13.1. The lowest BCUT2D eigenvalue weighted by Gasteiger charge is -2.15. The number of aryl methyl sites for hydroxylation is 2. The third-order valence-corrected chi connectivity index (χ3v) is 7.90. The minimum atomic E-state index is -0.0774.